The molecule has 2 N–H and O–H groups in total. The van der Waals surface area contributed by atoms with E-state index in [2.05, 4.69) is 42.7 Å². The highest BCUT2D eigenvalue weighted by atomic mass is 14.9. The van der Waals surface area contributed by atoms with Gasteiger partial charge in [0.25, 0.3) is 0 Å². The van der Waals surface area contributed by atoms with Gasteiger partial charge in [-0.25, -0.2) is 0 Å². The van der Waals surface area contributed by atoms with Gasteiger partial charge in [-0.15, -0.1) is 0 Å². The van der Waals surface area contributed by atoms with E-state index in [0.29, 0.717) is 0 Å². The quantitative estimate of drug-likeness (QED) is 0.743. The van der Waals surface area contributed by atoms with Crippen LogP contribution in [-0.4, -0.2) is 13.1 Å². The van der Waals surface area contributed by atoms with Crippen LogP contribution in [0.4, 0.5) is 5.69 Å². The molecule has 0 fully saturated rings. The first-order valence-corrected chi connectivity index (χ1v) is 6.32. The molecule has 0 radical (unpaired) electrons. The Hall–Kier alpha value is -1.02. The molecule has 1 aliphatic rings. The van der Waals surface area contributed by atoms with E-state index in [-0.39, 0.29) is 0 Å². The highest BCUT2D eigenvalue weighted by molar-refractivity contribution is 5.61. The van der Waals surface area contributed by atoms with E-state index in [1.807, 2.05) is 0 Å². The summed E-state index contributed by atoms with van der Waals surface area (Å²) in [6.07, 6.45) is 2.43. The first kappa shape index (κ1) is 11.5. The summed E-state index contributed by atoms with van der Waals surface area (Å²) >= 11 is 0. The van der Waals surface area contributed by atoms with Crippen molar-refractivity contribution in [1.29, 1.82) is 0 Å². The number of benzene rings is 1. The van der Waals surface area contributed by atoms with Crippen LogP contribution in [0.2, 0.25) is 0 Å². The maximum absolute atomic E-state index is 3.52. The van der Waals surface area contributed by atoms with E-state index >= 15 is 0 Å². The zero-order valence-corrected chi connectivity index (χ0v) is 10.3. The first-order valence-electron chi connectivity index (χ1n) is 6.32. The lowest BCUT2D eigenvalue weighted by Crippen LogP contribution is -2.17. The van der Waals surface area contributed by atoms with Crippen LogP contribution in [0.5, 0.6) is 0 Å². The molecule has 88 valence electrons. The fourth-order valence-electron chi connectivity index (χ4n) is 2.17. The topological polar surface area (TPSA) is 24.1 Å². The molecule has 0 saturated heterocycles. The number of para-hydroxylation sites is 1. The van der Waals surface area contributed by atoms with Gasteiger partial charge in [0, 0.05) is 18.8 Å². The van der Waals surface area contributed by atoms with Crippen molar-refractivity contribution in [3.05, 3.63) is 29.3 Å². The predicted molar refractivity (Wildman–Crippen MR) is 69.8 cm³/mol. The van der Waals surface area contributed by atoms with E-state index in [0.717, 1.165) is 25.6 Å². The minimum atomic E-state index is 0.784. The van der Waals surface area contributed by atoms with Crippen LogP contribution in [-0.2, 0) is 13.0 Å². The highest BCUT2D eigenvalue weighted by Crippen LogP contribution is 2.26. The molecule has 1 heterocycles. The number of hydrogen-bond acceptors (Lipinski definition) is 2. The fourth-order valence-corrected chi connectivity index (χ4v) is 2.17. The summed E-state index contributed by atoms with van der Waals surface area (Å²) < 4.78 is 0. The Kier molecular flexibility index (Phi) is 3.83. The molecule has 0 spiro atoms. The lowest BCUT2D eigenvalue weighted by atomic mass is 10.1. The average molecular weight is 218 g/mol. The Morgan fingerprint density at radius 3 is 3.06 bits per heavy atom. The van der Waals surface area contributed by atoms with E-state index in [1.54, 1.807) is 0 Å². The van der Waals surface area contributed by atoms with Crippen LogP contribution in [0, 0.1) is 5.92 Å². The third-order valence-electron chi connectivity index (χ3n) is 3.15. The van der Waals surface area contributed by atoms with Crippen LogP contribution in [0.25, 0.3) is 0 Å². The molecule has 2 heteroatoms. The molecule has 2 rings (SSSR count). The molecule has 0 saturated carbocycles. The number of rotatable bonds is 5. The van der Waals surface area contributed by atoms with Crippen LogP contribution in [0.15, 0.2) is 18.2 Å². The molecule has 16 heavy (non-hydrogen) atoms. The number of hydrogen-bond donors (Lipinski definition) is 2. The lowest BCUT2D eigenvalue weighted by Gasteiger charge is -2.11. The minimum absolute atomic E-state index is 0.784. The van der Waals surface area contributed by atoms with Crippen LogP contribution in [0.1, 0.15) is 31.4 Å². The van der Waals surface area contributed by atoms with Crippen molar-refractivity contribution in [3.63, 3.8) is 0 Å². The summed E-state index contributed by atoms with van der Waals surface area (Å²) in [5.74, 6) is 0.784. The van der Waals surface area contributed by atoms with Crippen molar-refractivity contribution < 1.29 is 0 Å². The minimum Gasteiger partial charge on any atom is -0.384 e. The number of anilines is 1. The van der Waals surface area contributed by atoms with Crippen molar-refractivity contribution in [2.75, 3.05) is 18.4 Å². The third-order valence-corrected chi connectivity index (χ3v) is 3.15. The lowest BCUT2D eigenvalue weighted by molar-refractivity contribution is 0.538. The van der Waals surface area contributed by atoms with Crippen molar-refractivity contribution in [2.24, 2.45) is 5.92 Å². The zero-order chi connectivity index (χ0) is 11.4. The summed E-state index contributed by atoms with van der Waals surface area (Å²) in [7, 11) is 0. The summed E-state index contributed by atoms with van der Waals surface area (Å²) in [5, 5.41) is 7.00. The predicted octanol–water partition coefficient (Wildman–Crippen LogP) is 2.79. The molecule has 2 nitrogen and oxygen atoms in total. The monoisotopic (exact) mass is 218 g/mol. The number of fused-ring (bicyclic) bond motifs is 1. The van der Waals surface area contributed by atoms with Gasteiger partial charge in [0.1, 0.15) is 0 Å². The third kappa shape index (κ3) is 2.76. The molecule has 0 atom stereocenters. The van der Waals surface area contributed by atoms with Gasteiger partial charge < -0.3 is 10.6 Å². The van der Waals surface area contributed by atoms with E-state index in [1.165, 1.54) is 29.7 Å². The Labute approximate surface area is 98.4 Å². The van der Waals surface area contributed by atoms with E-state index in [9.17, 15) is 0 Å². The zero-order valence-electron chi connectivity index (χ0n) is 10.3. The molecule has 1 aromatic carbocycles. The van der Waals surface area contributed by atoms with Crippen LogP contribution in [0.3, 0.4) is 0 Å². The molecular formula is C14H22N2. The van der Waals surface area contributed by atoms with Crippen molar-refractivity contribution in [2.45, 2.75) is 33.2 Å². The Balaban J connectivity index is 1.88. The maximum Gasteiger partial charge on any atom is 0.0419 e. The molecule has 0 amide bonds. The molecular weight excluding hydrogens is 196 g/mol. The van der Waals surface area contributed by atoms with Gasteiger partial charge in [0.15, 0.2) is 0 Å². The first-order chi connectivity index (χ1) is 7.77. The SMILES string of the molecule is CC(C)CCNCc1cccc2c1NCC2. The Bertz CT molecular complexity index is 345. The summed E-state index contributed by atoms with van der Waals surface area (Å²) in [6, 6.07) is 6.62. The summed E-state index contributed by atoms with van der Waals surface area (Å²) in [6.45, 7) is 7.73. The summed E-state index contributed by atoms with van der Waals surface area (Å²) in [4.78, 5) is 0. The summed E-state index contributed by atoms with van der Waals surface area (Å²) in [5.41, 5.74) is 4.27. The Morgan fingerprint density at radius 2 is 2.25 bits per heavy atom. The average Bonchev–Trinajstić information content (AvgIpc) is 2.72. The second kappa shape index (κ2) is 5.35. The molecule has 0 bridgehead atoms. The van der Waals surface area contributed by atoms with Crippen molar-refractivity contribution in [3.8, 4) is 0 Å². The van der Waals surface area contributed by atoms with Gasteiger partial charge in [-0.2, -0.15) is 0 Å². The smallest absolute Gasteiger partial charge is 0.0419 e. The second-order valence-electron chi connectivity index (χ2n) is 4.99. The van der Waals surface area contributed by atoms with Crippen molar-refractivity contribution >= 4 is 5.69 Å². The highest BCUT2D eigenvalue weighted by Gasteiger charge is 2.12. The Morgan fingerprint density at radius 1 is 1.38 bits per heavy atom. The van der Waals surface area contributed by atoms with Gasteiger partial charge in [0.2, 0.25) is 0 Å². The normalized spacial score (nSPS) is 13.9. The van der Waals surface area contributed by atoms with Gasteiger partial charge in [-0.05, 0) is 36.4 Å². The molecule has 0 unspecified atom stereocenters. The molecule has 0 aromatic heterocycles. The molecule has 1 aliphatic heterocycles. The maximum atomic E-state index is 3.52. The fraction of sp³-hybridized carbons (Fsp3) is 0.571. The van der Waals surface area contributed by atoms with Crippen molar-refractivity contribution in [1.82, 2.24) is 5.32 Å². The van der Waals surface area contributed by atoms with Gasteiger partial charge >= 0.3 is 0 Å². The van der Waals surface area contributed by atoms with Gasteiger partial charge in [-0.1, -0.05) is 32.0 Å². The van der Waals surface area contributed by atoms with E-state index in [4.69, 9.17) is 0 Å². The standard InChI is InChI=1S/C14H22N2/c1-11(2)6-8-15-10-13-5-3-4-12-7-9-16-14(12)13/h3-5,11,15-16H,6-10H2,1-2H3. The van der Waals surface area contributed by atoms with Crippen LogP contribution >= 0.6 is 0 Å². The van der Waals surface area contributed by atoms with E-state index < -0.39 is 0 Å². The largest absolute Gasteiger partial charge is 0.384 e. The van der Waals surface area contributed by atoms with Crippen LogP contribution < -0.4 is 10.6 Å². The van der Waals surface area contributed by atoms with Gasteiger partial charge in [-0.3, -0.25) is 0 Å². The number of nitrogens with one attached hydrogen (secondary N) is 2. The molecule has 0 aliphatic carbocycles. The van der Waals surface area contributed by atoms with Gasteiger partial charge in [0.05, 0.1) is 0 Å². The molecule has 1 aromatic rings. The second-order valence-corrected chi connectivity index (χ2v) is 4.99.